The van der Waals surface area contributed by atoms with Crippen molar-refractivity contribution in [3.63, 3.8) is 0 Å². The van der Waals surface area contributed by atoms with Gasteiger partial charge in [-0.2, -0.15) is 0 Å². The number of hydrogen-bond acceptors (Lipinski definition) is 9. The minimum Gasteiger partial charge on any atom is -0.312 e. The summed E-state index contributed by atoms with van der Waals surface area (Å²) in [7, 11) is -8.40. The predicted octanol–water partition coefficient (Wildman–Crippen LogP) is 3.51. The summed E-state index contributed by atoms with van der Waals surface area (Å²) in [6, 6.07) is 10.2. The molecular formula is C29H40Cl2N4O8S3. The molecule has 2 aromatic carbocycles. The number of carbonyl (C=O) groups is 1. The van der Waals surface area contributed by atoms with Gasteiger partial charge in [0.25, 0.3) is 10.0 Å². The van der Waals surface area contributed by atoms with E-state index in [9.17, 15) is 30.0 Å². The first kappa shape index (κ1) is 37.0. The number of sulfone groups is 1. The van der Waals surface area contributed by atoms with E-state index < -0.39 is 35.1 Å². The van der Waals surface area contributed by atoms with Gasteiger partial charge in [-0.3, -0.25) is 9.63 Å². The van der Waals surface area contributed by atoms with Crippen molar-refractivity contribution < 1.29 is 34.9 Å². The second-order valence-corrected chi connectivity index (χ2v) is 18.5. The highest BCUT2D eigenvalue weighted by Crippen LogP contribution is 2.31. The van der Waals surface area contributed by atoms with Crippen molar-refractivity contribution >= 4 is 64.7 Å². The Balaban J connectivity index is 1.35. The van der Waals surface area contributed by atoms with Crippen molar-refractivity contribution in [1.29, 1.82) is 0 Å². The summed E-state index contributed by atoms with van der Waals surface area (Å²) in [5.74, 6) is -0.424. The van der Waals surface area contributed by atoms with Gasteiger partial charge in [-0.05, 0) is 94.2 Å². The van der Waals surface area contributed by atoms with E-state index in [2.05, 4.69) is 4.90 Å². The number of anilines is 1. The van der Waals surface area contributed by atoms with E-state index >= 15 is 0 Å². The Kier molecular flexibility index (Phi) is 12.2. The first-order valence-corrected chi connectivity index (χ1v) is 20.5. The van der Waals surface area contributed by atoms with E-state index in [1.807, 2.05) is 0 Å². The molecule has 0 N–H and O–H groups in total. The number of nitrogens with zero attached hydrogens (tertiary/aromatic N) is 4. The van der Waals surface area contributed by atoms with Gasteiger partial charge in [-0.25, -0.2) is 29.6 Å². The van der Waals surface area contributed by atoms with E-state index in [1.54, 1.807) is 23.1 Å². The molecule has 2 aliphatic rings. The molecule has 12 nitrogen and oxygen atoms in total. The first-order valence-electron chi connectivity index (χ1n) is 14.9. The van der Waals surface area contributed by atoms with Crippen LogP contribution in [0.1, 0.15) is 32.1 Å². The average Bonchev–Trinajstić information content (AvgIpc) is 3.03. The van der Waals surface area contributed by atoms with Gasteiger partial charge in [0.2, 0.25) is 15.9 Å². The number of benzene rings is 2. The van der Waals surface area contributed by atoms with Gasteiger partial charge in [0.15, 0.2) is 9.84 Å². The molecule has 0 atom stereocenters. The number of hydrogen-bond donors (Lipinski definition) is 0. The van der Waals surface area contributed by atoms with E-state index in [-0.39, 0.29) is 34.7 Å². The number of halogens is 2. The van der Waals surface area contributed by atoms with Gasteiger partial charge in [0, 0.05) is 38.3 Å². The third-order valence-electron chi connectivity index (χ3n) is 8.63. The van der Waals surface area contributed by atoms with Crippen molar-refractivity contribution in [3.05, 3.63) is 52.5 Å². The van der Waals surface area contributed by atoms with Crippen LogP contribution in [0.4, 0.5) is 5.69 Å². The molecule has 2 aromatic rings. The van der Waals surface area contributed by atoms with Crippen LogP contribution in [0.3, 0.4) is 0 Å². The summed E-state index contributed by atoms with van der Waals surface area (Å²) in [6.45, 7) is 2.73. The normalized spacial score (nSPS) is 18.2. The van der Waals surface area contributed by atoms with Gasteiger partial charge in [0.1, 0.15) is 0 Å². The fourth-order valence-electron chi connectivity index (χ4n) is 5.81. The highest BCUT2D eigenvalue weighted by atomic mass is 35.5. The smallest absolute Gasteiger partial charge is 0.264 e. The Hall–Kier alpha value is -1.82. The Morgan fingerprint density at radius 1 is 0.870 bits per heavy atom. The Bertz CT molecular complexity index is 1710. The van der Waals surface area contributed by atoms with Crippen LogP contribution in [0.25, 0.3) is 0 Å². The Morgan fingerprint density at radius 3 is 2.00 bits per heavy atom. The lowest BCUT2D eigenvalue weighted by atomic mass is 9.96. The molecule has 0 unspecified atom stereocenters. The lowest BCUT2D eigenvalue weighted by Gasteiger charge is -2.34. The number of carbonyl (C=O) groups excluding carboxylic acids is 1. The summed E-state index contributed by atoms with van der Waals surface area (Å²) in [5.41, 5.74) is 0.613. The largest absolute Gasteiger partial charge is 0.312 e. The Morgan fingerprint density at radius 2 is 1.46 bits per heavy atom. The van der Waals surface area contributed by atoms with Crippen molar-refractivity contribution in [2.24, 2.45) is 5.92 Å². The van der Waals surface area contributed by atoms with Gasteiger partial charge >= 0.3 is 0 Å². The second kappa shape index (κ2) is 15.2. The number of sulfonamides is 2. The van der Waals surface area contributed by atoms with Crippen LogP contribution in [0.15, 0.2) is 52.3 Å². The third-order valence-corrected chi connectivity index (χ3v) is 14.6. The molecule has 0 bridgehead atoms. The molecule has 2 aliphatic heterocycles. The molecule has 17 heteroatoms. The van der Waals surface area contributed by atoms with Crippen molar-refractivity contribution in [2.45, 2.75) is 47.1 Å². The highest BCUT2D eigenvalue weighted by Gasteiger charge is 2.34. The fraction of sp³-hybridized carbons (Fsp3) is 0.552. The average molecular weight is 740 g/mol. The number of hydroxylamine groups is 1. The molecule has 2 fully saturated rings. The van der Waals surface area contributed by atoms with Gasteiger partial charge in [-0.1, -0.05) is 27.7 Å². The summed E-state index contributed by atoms with van der Waals surface area (Å²) < 4.78 is 77.6. The van der Waals surface area contributed by atoms with Crippen LogP contribution in [-0.2, 0) is 39.5 Å². The van der Waals surface area contributed by atoms with Crippen LogP contribution >= 0.6 is 23.2 Å². The quantitative estimate of drug-likeness (QED) is 0.299. The van der Waals surface area contributed by atoms with E-state index in [0.29, 0.717) is 78.5 Å². The predicted molar refractivity (Wildman–Crippen MR) is 178 cm³/mol. The number of likely N-dealkylation sites (tertiary alicyclic amines) is 1. The number of amides is 1. The third kappa shape index (κ3) is 8.60. The fourth-order valence-corrected chi connectivity index (χ4v) is 9.68. The molecule has 256 valence electrons. The van der Waals surface area contributed by atoms with E-state index in [1.165, 1.54) is 49.0 Å². The summed E-state index contributed by atoms with van der Waals surface area (Å²) in [4.78, 5) is 22.3. The zero-order valence-corrected chi connectivity index (χ0v) is 30.0. The topological polar surface area (TPSA) is 142 Å². The highest BCUT2D eigenvalue weighted by molar-refractivity contribution is 7.92. The molecule has 0 spiro atoms. The maximum absolute atomic E-state index is 13.7. The second-order valence-electron chi connectivity index (χ2n) is 11.5. The molecule has 0 aromatic heterocycles. The maximum Gasteiger partial charge on any atom is 0.264 e. The van der Waals surface area contributed by atoms with Gasteiger partial charge in [-0.15, -0.1) is 0 Å². The SMILES string of the molecule is CON(C)S(=O)(=O)c1ccc(S(=O)(=O)C2CCN(CCCN(C(=O)C3CCN(S(C)(=O)=O)CC3)c3ccc(Cl)c(Cl)c3)CC2)cc1. The molecule has 4 rings (SSSR count). The summed E-state index contributed by atoms with van der Waals surface area (Å²) in [6.07, 6.45) is 3.48. The molecule has 1 amide bonds. The van der Waals surface area contributed by atoms with Crippen LogP contribution in [0.5, 0.6) is 0 Å². The minimum atomic E-state index is -3.89. The zero-order valence-electron chi connectivity index (χ0n) is 26.0. The molecule has 46 heavy (non-hydrogen) atoms. The van der Waals surface area contributed by atoms with Crippen molar-refractivity contribution in [2.75, 3.05) is 64.6 Å². The van der Waals surface area contributed by atoms with E-state index in [4.69, 9.17) is 28.0 Å². The van der Waals surface area contributed by atoms with Crippen LogP contribution in [0, 0.1) is 5.92 Å². The van der Waals surface area contributed by atoms with Crippen molar-refractivity contribution in [3.8, 4) is 0 Å². The summed E-state index contributed by atoms with van der Waals surface area (Å²) in [5, 5.41) is 0.0995. The monoisotopic (exact) mass is 738 g/mol. The lowest BCUT2D eigenvalue weighted by molar-refractivity contribution is -0.123. The molecule has 2 saturated heterocycles. The van der Waals surface area contributed by atoms with Crippen LogP contribution < -0.4 is 4.90 Å². The maximum atomic E-state index is 13.7. The standard InChI is InChI=1S/C29H40Cl2N4O8S3/c1-32(43-2)46(41,42)26-8-6-24(7-9-26)45(39,40)25-13-17-33(18-14-25)15-4-16-35(23-5-10-27(30)28(31)21-23)29(36)22-11-19-34(20-12-22)44(3,37)38/h5-10,21-22,25H,4,11-20H2,1-3H3. The van der Waals surface area contributed by atoms with Crippen LogP contribution in [-0.4, -0.2) is 110 Å². The molecular weight excluding hydrogens is 699 g/mol. The van der Waals surface area contributed by atoms with Gasteiger partial charge in [0.05, 0.1) is 38.5 Å². The molecule has 0 saturated carbocycles. The molecule has 2 heterocycles. The minimum absolute atomic E-state index is 0.0709. The lowest BCUT2D eigenvalue weighted by Crippen LogP contribution is -2.45. The Labute approximate surface area is 282 Å². The molecule has 0 aliphatic carbocycles. The summed E-state index contributed by atoms with van der Waals surface area (Å²) >= 11 is 12.4. The molecule has 0 radical (unpaired) electrons. The van der Waals surface area contributed by atoms with E-state index in [0.717, 1.165) is 0 Å². The first-order chi connectivity index (χ1) is 21.5. The van der Waals surface area contributed by atoms with Gasteiger partial charge < -0.3 is 9.80 Å². The number of piperidine rings is 2. The van der Waals surface area contributed by atoms with Crippen LogP contribution in [0.2, 0.25) is 10.0 Å². The zero-order chi connectivity index (χ0) is 33.9. The number of rotatable bonds is 12. The van der Waals surface area contributed by atoms with Crippen molar-refractivity contribution in [1.82, 2.24) is 13.7 Å².